The van der Waals surface area contributed by atoms with Gasteiger partial charge in [-0.2, -0.15) is 0 Å². The van der Waals surface area contributed by atoms with Crippen LogP contribution in [0.4, 0.5) is 0 Å². The molecule has 0 radical (unpaired) electrons. The van der Waals surface area contributed by atoms with Crippen LogP contribution < -0.4 is 9.47 Å². The summed E-state index contributed by atoms with van der Waals surface area (Å²) in [6.45, 7) is 0.762. The largest absolute Gasteiger partial charge is 0.496 e. The van der Waals surface area contributed by atoms with Crippen molar-refractivity contribution in [2.75, 3.05) is 13.7 Å². The van der Waals surface area contributed by atoms with Crippen LogP contribution >= 0.6 is 0 Å². The quantitative estimate of drug-likeness (QED) is 0.461. The number of rotatable bonds is 6. The molecule has 0 aliphatic heterocycles. The molecule has 0 aliphatic rings. The van der Waals surface area contributed by atoms with E-state index >= 15 is 0 Å². The van der Waals surface area contributed by atoms with Crippen molar-refractivity contribution in [3.63, 3.8) is 0 Å². The number of esters is 2. The van der Waals surface area contributed by atoms with E-state index in [1.165, 1.54) is 26.2 Å². The summed E-state index contributed by atoms with van der Waals surface area (Å²) in [5.74, 6) is -1.21. The summed E-state index contributed by atoms with van der Waals surface area (Å²) in [7, 11) is 1.44. The average molecular weight is 328 g/mol. The van der Waals surface area contributed by atoms with Gasteiger partial charge in [0.15, 0.2) is 6.61 Å². The van der Waals surface area contributed by atoms with Gasteiger partial charge in [0.1, 0.15) is 17.1 Å². The highest BCUT2D eigenvalue weighted by molar-refractivity contribution is 6.02. The van der Waals surface area contributed by atoms with Crippen molar-refractivity contribution in [3.8, 4) is 11.5 Å². The van der Waals surface area contributed by atoms with Gasteiger partial charge in [0.05, 0.1) is 12.7 Å². The SMILES string of the molecule is COc1ccccc1C(=O)OCC(=O)c1ccccc1OC(C)=O. The van der Waals surface area contributed by atoms with Crippen molar-refractivity contribution in [2.24, 2.45) is 0 Å². The number of Topliss-reactive ketones (excluding diaryl/α,β-unsaturated/α-hetero) is 1. The Balaban J connectivity index is 2.08. The van der Waals surface area contributed by atoms with Gasteiger partial charge in [-0.15, -0.1) is 0 Å². The Morgan fingerprint density at radius 1 is 0.875 bits per heavy atom. The molecule has 6 heteroatoms. The van der Waals surface area contributed by atoms with E-state index in [4.69, 9.17) is 14.2 Å². The van der Waals surface area contributed by atoms with Crippen molar-refractivity contribution in [1.29, 1.82) is 0 Å². The molecule has 2 aromatic carbocycles. The van der Waals surface area contributed by atoms with E-state index in [9.17, 15) is 14.4 Å². The molecule has 24 heavy (non-hydrogen) atoms. The third-order valence-electron chi connectivity index (χ3n) is 3.10. The summed E-state index contributed by atoms with van der Waals surface area (Å²) in [6, 6.07) is 12.8. The normalized spacial score (nSPS) is 9.92. The fourth-order valence-electron chi connectivity index (χ4n) is 2.04. The minimum absolute atomic E-state index is 0.128. The Kier molecular flexibility index (Phi) is 5.68. The van der Waals surface area contributed by atoms with Crippen LogP contribution in [0.25, 0.3) is 0 Å². The lowest BCUT2D eigenvalue weighted by atomic mass is 10.1. The van der Waals surface area contributed by atoms with E-state index in [1.807, 2.05) is 0 Å². The minimum atomic E-state index is -0.675. The third-order valence-corrected chi connectivity index (χ3v) is 3.10. The van der Waals surface area contributed by atoms with Gasteiger partial charge in [-0.05, 0) is 24.3 Å². The second-order valence-electron chi connectivity index (χ2n) is 4.79. The molecule has 0 spiro atoms. The standard InChI is InChI=1S/C18H16O6/c1-12(19)24-17-10-6-3-7-13(17)15(20)11-23-18(21)14-8-4-5-9-16(14)22-2/h3-10H,11H2,1-2H3. The van der Waals surface area contributed by atoms with Gasteiger partial charge in [-0.25, -0.2) is 4.79 Å². The molecule has 6 nitrogen and oxygen atoms in total. The average Bonchev–Trinajstić information content (AvgIpc) is 2.59. The van der Waals surface area contributed by atoms with E-state index in [0.29, 0.717) is 5.75 Å². The smallest absolute Gasteiger partial charge is 0.342 e. The molecular weight excluding hydrogens is 312 g/mol. The van der Waals surface area contributed by atoms with Crippen LogP contribution in [0.1, 0.15) is 27.6 Å². The molecule has 0 saturated heterocycles. The fraction of sp³-hybridized carbons (Fsp3) is 0.167. The summed E-state index contributed by atoms with van der Waals surface area (Å²) < 4.78 is 15.1. The summed E-state index contributed by atoms with van der Waals surface area (Å²) in [5.41, 5.74) is 0.390. The molecule has 0 N–H and O–H groups in total. The van der Waals surface area contributed by atoms with E-state index in [0.717, 1.165) is 0 Å². The van der Waals surface area contributed by atoms with Crippen molar-refractivity contribution in [2.45, 2.75) is 6.92 Å². The van der Waals surface area contributed by atoms with Gasteiger partial charge >= 0.3 is 11.9 Å². The summed E-state index contributed by atoms with van der Waals surface area (Å²) in [4.78, 5) is 35.4. The molecule has 0 unspecified atom stereocenters. The highest BCUT2D eigenvalue weighted by Gasteiger charge is 2.18. The highest BCUT2D eigenvalue weighted by atomic mass is 16.5. The van der Waals surface area contributed by atoms with Crippen molar-refractivity contribution >= 4 is 17.7 Å². The number of ether oxygens (including phenoxy) is 3. The number of carbonyl (C=O) groups is 3. The van der Waals surface area contributed by atoms with Crippen LogP contribution in [-0.2, 0) is 9.53 Å². The molecule has 124 valence electrons. The van der Waals surface area contributed by atoms with Crippen LogP contribution in [0.2, 0.25) is 0 Å². The summed E-state index contributed by atoms with van der Waals surface area (Å²) >= 11 is 0. The van der Waals surface area contributed by atoms with Gasteiger partial charge in [0, 0.05) is 6.92 Å². The highest BCUT2D eigenvalue weighted by Crippen LogP contribution is 2.20. The Hall–Kier alpha value is -3.15. The Bertz CT molecular complexity index is 766. The van der Waals surface area contributed by atoms with Gasteiger partial charge in [-0.3, -0.25) is 9.59 Å². The Labute approximate surface area is 139 Å². The number of methoxy groups -OCH3 is 1. The lowest BCUT2D eigenvalue weighted by molar-refractivity contribution is -0.131. The Morgan fingerprint density at radius 2 is 1.46 bits per heavy atom. The fourth-order valence-corrected chi connectivity index (χ4v) is 2.04. The first-order valence-electron chi connectivity index (χ1n) is 7.13. The molecular formula is C18H16O6. The minimum Gasteiger partial charge on any atom is -0.496 e. The van der Waals surface area contributed by atoms with Crippen LogP contribution in [-0.4, -0.2) is 31.4 Å². The second kappa shape index (κ2) is 7.92. The number of hydrogen-bond acceptors (Lipinski definition) is 6. The lowest BCUT2D eigenvalue weighted by Gasteiger charge is -2.10. The van der Waals surface area contributed by atoms with Crippen LogP contribution in [0.3, 0.4) is 0 Å². The molecule has 2 rings (SSSR count). The zero-order chi connectivity index (χ0) is 17.5. The molecule has 0 fully saturated rings. The molecule has 0 saturated carbocycles. The van der Waals surface area contributed by atoms with Crippen LogP contribution in [0.15, 0.2) is 48.5 Å². The molecule has 0 atom stereocenters. The van der Waals surface area contributed by atoms with Gasteiger partial charge in [0.2, 0.25) is 5.78 Å². The van der Waals surface area contributed by atoms with E-state index in [2.05, 4.69) is 0 Å². The van der Waals surface area contributed by atoms with Crippen molar-refractivity contribution in [3.05, 3.63) is 59.7 Å². The number of ketones is 1. The van der Waals surface area contributed by atoms with Gasteiger partial charge in [-0.1, -0.05) is 24.3 Å². The first kappa shape index (κ1) is 17.2. The van der Waals surface area contributed by atoms with Gasteiger partial charge in [0.25, 0.3) is 0 Å². The molecule has 0 aliphatic carbocycles. The summed E-state index contributed by atoms with van der Waals surface area (Å²) in [5, 5.41) is 0. The first-order valence-corrected chi connectivity index (χ1v) is 7.13. The van der Waals surface area contributed by atoms with Crippen molar-refractivity contribution < 1.29 is 28.6 Å². The van der Waals surface area contributed by atoms with E-state index in [-0.39, 0.29) is 16.9 Å². The monoisotopic (exact) mass is 328 g/mol. The lowest BCUT2D eigenvalue weighted by Crippen LogP contribution is -2.16. The zero-order valence-corrected chi connectivity index (χ0v) is 13.3. The maximum absolute atomic E-state index is 12.2. The maximum atomic E-state index is 12.2. The first-order chi connectivity index (χ1) is 11.5. The van der Waals surface area contributed by atoms with Crippen LogP contribution in [0.5, 0.6) is 11.5 Å². The summed E-state index contributed by atoms with van der Waals surface area (Å²) in [6.07, 6.45) is 0. The number of carbonyl (C=O) groups excluding carboxylic acids is 3. The molecule has 0 heterocycles. The predicted octanol–water partition coefficient (Wildman–Crippen LogP) is 2.66. The number of para-hydroxylation sites is 2. The topological polar surface area (TPSA) is 78.9 Å². The second-order valence-corrected chi connectivity index (χ2v) is 4.79. The van der Waals surface area contributed by atoms with Crippen LogP contribution in [0, 0.1) is 0 Å². The Morgan fingerprint density at radius 3 is 2.08 bits per heavy atom. The zero-order valence-electron chi connectivity index (χ0n) is 13.3. The molecule has 0 amide bonds. The number of hydrogen-bond donors (Lipinski definition) is 0. The predicted molar refractivity (Wildman–Crippen MR) is 85.4 cm³/mol. The van der Waals surface area contributed by atoms with Gasteiger partial charge < -0.3 is 14.2 Å². The van der Waals surface area contributed by atoms with E-state index < -0.39 is 24.3 Å². The number of benzene rings is 2. The molecule has 0 bridgehead atoms. The molecule has 2 aromatic rings. The molecule has 0 aromatic heterocycles. The van der Waals surface area contributed by atoms with E-state index in [1.54, 1.807) is 36.4 Å². The van der Waals surface area contributed by atoms with Crippen molar-refractivity contribution in [1.82, 2.24) is 0 Å². The maximum Gasteiger partial charge on any atom is 0.342 e. The third kappa shape index (κ3) is 4.19.